The average Bonchev–Trinajstić information content (AvgIpc) is 2.96. The zero-order chi connectivity index (χ0) is 15.1. The third-order valence-electron chi connectivity index (χ3n) is 4.26. The van der Waals surface area contributed by atoms with Crippen LogP contribution in [0.3, 0.4) is 0 Å². The van der Waals surface area contributed by atoms with E-state index in [1.165, 1.54) is 0 Å². The molecule has 0 bridgehead atoms. The molecule has 0 spiro atoms. The summed E-state index contributed by atoms with van der Waals surface area (Å²) in [5.74, 6) is 2.16. The van der Waals surface area contributed by atoms with Crippen molar-refractivity contribution in [3.63, 3.8) is 0 Å². The SMILES string of the molecule is CN(Cc1cc2ccccc2o1)C(=O)[C@@H]1C[C@@H]1c1ccco1. The van der Waals surface area contributed by atoms with Gasteiger partial charge in [-0.15, -0.1) is 0 Å². The summed E-state index contributed by atoms with van der Waals surface area (Å²) in [6, 6.07) is 13.7. The van der Waals surface area contributed by atoms with Gasteiger partial charge >= 0.3 is 0 Å². The van der Waals surface area contributed by atoms with E-state index >= 15 is 0 Å². The van der Waals surface area contributed by atoms with Gasteiger partial charge in [-0.25, -0.2) is 0 Å². The number of hydrogen-bond acceptors (Lipinski definition) is 3. The number of hydrogen-bond donors (Lipinski definition) is 0. The number of carbonyl (C=O) groups is 1. The van der Waals surface area contributed by atoms with E-state index in [9.17, 15) is 4.79 Å². The molecule has 1 aromatic carbocycles. The van der Waals surface area contributed by atoms with Gasteiger partial charge in [0.05, 0.1) is 12.8 Å². The van der Waals surface area contributed by atoms with Gasteiger partial charge < -0.3 is 13.7 Å². The fraction of sp³-hybridized carbons (Fsp3) is 0.278. The number of furan rings is 2. The smallest absolute Gasteiger partial charge is 0.226 e. The average molecular weight is 295 g/mol. The van der Waals surface area contributed by atoms with E-state index in [1.807, 2.05) is 49.5 Å². The summed E-state index contributed by atoms with van der Waals surface area (Å²) >= 11 is 0. The molecule has 0 aliphatic heterocycles. The summed E-state index contributed by atoms with van der Waals surface area (Å²) in [7, 11) is 1.83. The lowest BCUT2D eigenvalue weighted by Crippen LogP contribution is -2.27. The Kier molecular flexibility index (Phi) is 3.03. The number of rotatable bonds is 4. The van der Waals surface area contributed by atoms with Crippen LogP contribution in [0.1, 0.15) is 23.9 Å². The van der Waals surface area contributed by atoms with E-state index < -0.39 is 0 Å². The van der Waals surface area contributed by atoms with E-state index in [0.717, 1.165) is 28.9 Å². The molecule has 0 radical (unpaired) electrons. The van der Waals surface area contributed by atoms with Gasteiger partial charge in [0, 0.05) is 24.3 Å². The number of carbonyl (C=O) groups excluding carboxylic acids is 1. The summed E-state index contributed by atoms with van der Waals surface area (Å²) in [4.78, 5) is 14.2. The van der Waals surface area contributed by atoms with Crippen LogP contribution in [0, 0.1) is 5.92 Å². The lowest BCUT2D eigenvalue weighted by molar-refractivity contribution is -0.132. The van der Waals surface area contributed by atoms with E-state index in [2.05, 4.69) is 0 Å². The minimum absolute atomic E-state index is 0.0422. The molecule has 2 atom stereocenters. The Balaban J connectivity index is 1.44. The molecule has 2 aromatic heterocycles. The minimum atomic E-state index is 0.0422. The van der Waals surface area contributed by atoms with Crippen LogP contribution >= 0.6 is 0 Å². The van der Waals surface area contributed by atoms with Crippen molar-refractivity contribution in [1.82, 2.24) is 4.90 Å². The minimum Gasteiger partial charge on any atom is -0.469 e. The highest BCUT2D eigenvalue weighted by Crippen LogP contribution is 2.48. The van der Waals surface area contributed by atoms with Gasteiger partial charge in [0.15, 0.2) is 0 Å². The molecule has 3 aromatic rings. The second-order valence-corrected chi connectivity index (χ2v) is 5.91. The molecule has 1 aliphatic carbocycles. The second kappa shape index (κ2) is 5.05. The number of benzene rings is 1. The zero-order valence-corrected chi connectivity index (χ0v) is 12.4. The van der Waals surface area contributed by atoms with Crippen molar-refractivity contribution in [3.05, 3.63) is 60.2 Å². The molecule has 0 unspecified atom stereocenters. The van der Waals surface area contributed by atoms with Gasteiger partial charge in [-0.05, 0) is 30.7 Å². The van der Waals surface area contributed by atoms with Crippen LogP contribution in [0.5, 0.6) is 0 Å². The maximum Gasteiger partial charge on any atom is 0.226 e. The van der Waals surface area contributed by atoms with Crippen molar-refractivity contribution in [2.24, 2.45) is 5.92 Å². The van der Waals surface area contributed by atoms with Crippen LogP contribution in [0.4, 0.5) is 0 Å². The maximum atomic E-state index is 12.5. The fourth-order valence-electron chi connectivity index (χ4n) is 2.99. The maximum absolute atomic E-state index is 12.5. The fourth-order valence-corrected chi connectivity index (χ4v) is 2.99. The molecule has 0 saturated heterocycles. The number of amides is 1. The zero-order valence-electron chi connectivity index (χ0n) is 12.4. The van der Waals surface area contributed by atoms with Crippen LogP contribution in [0.15, 0.2) is 57.6 Å². The van der Waals surface area contributed by atoms with Gasteiger partial charge in [0.2, 0.25) is 5.91 Å². The molecule has 1 amide bonds. The van der Waals surface area contributed by atoms with Crippen molar-refractivity contribution < 1.29 is 13.6 Å². The van der Waals surface area contributed by atoms with Crippen LogP contribution < -0.4 is 0 Å². The number of para-hydroxylation sites is 1. The summed E-state index contributed by atoms with van der Waals surface area (Å²) in [5, 5.41) is 1.07. The lowest BCUT2D eigenvalue weighted by atomic mass is 10.2. The first-order valence-corrected chi connectivity index (χ1v) is 7.48. The molecule has 4 nitrogen and oxygen atoms in total. The van der Waals surface area contributed by atoms with Crippen molar-refractivity contribution in [2.75, 3.05) is 7.05 Å². The Bertz CT molecular complexity index is 770. The summed E-state index contributed by atoms with van der Waals surface area (Å²) in [6.07, 6.45) is 2.53. The molecule has 1 saturated carbocycles. The first kappa shape index (κ1) is 13.2. The topological polar surface area (TPSA) is 46.6 Å². The van der Waals surface area contributed by atoms with Gasteiger partial charge in [-0.1, -0.05) is 18.2 Å². The van der Waals surface area contributed by atoms with E-state index in [1.54, 1.807) is 11.2 Å². The normalized spacial score (nSPS) is 20.2. The van der Waals surface area contributed by atoms with Gasteiger partial charge in [0.1, 0.15) is 17.1 Å². The molecular weight excluding hydrogens is 278 g/mol. The highest BCUT2D eigenvalue weighted by Gasteiger charge is 2.47. The van der Waals surface area contributed by atoms with Crippen LogP contribution in [-0.4, -0.2) is 17.9 Å². The third-order valence-corrected chi connectivity index (χ3v) is 4.26. The second-order valence-electron chi connectivity index (χ2n) is 5.91. The standard InChI is InChI=1S/C18H17NO3/c1-19(11-13-9-12-5-2-3-6-16(12)22-13)18(20)15-10-14(15)17-7-4-8-21-17/h2-9,14-15H,10-11H2,1H3/t14-,15+/m0/s1. The van der Waals surface area contributed by atoms with Crippen LogP contribution in [0.25, 0.3) is 11.0 Å². The largest absolute Gasteiger partial charge is 0.469 e. The van der Waals surface area contributed by atoms with E-state index in [0.29, 0.717) is 6.54 Å². The summed E-state index contributed by atoms with van der Waals surface area (Å²) in [5.41, 5.74) is 0.859. The molecule has 4 heteroatoms. The molecule has 112 valence electrons. The van der Waals surface area contributed by atoms with E-state index in [4.69, 9.17) is 8.83 Å². The molecular formula is C18H17NO3. The number of nitrogens with zero attached hydrogens (tertiary/aromatic N) is 1. The monoisotopic (exact) mass is 295 g/mol. The molecule has 4 rings (SSSR count). The highest BCUT2D eigenvalue weighted by atomic mass is 16.3. The molecule has 1 aliphatic rings. The van der Waals surface area contributed by atoms with Gasteiger partial charge in [0.25, 0.3) is 0 Å². The lowest BCUT2D eigenvalue weighted by Gasteiger charge is -2.15. The summed E-state index contributed by atoms with van der Waals surface area (Å²) < 4.78 is 11.2. The Hall–Kier alpha value is -2.49. The predicted molar refractivity (Wildman–Crippen MR) is 82.2 cm³/mol. The van der Waals surface area contributed by atoms with Crippen molar-refractivity contribution >= 4 is 16.9 Å². The predicted octanol–water partition coefficient (Wildman–Crippen LogP) is 3.79. The van der Waals surface area contributed by atoms with Crippen LogP contribution in [-0.2, 0) is 11.3 Å². The molecule has 22 heavy (non-hydrogen) atoms. The van der Waals surface area contributed by atoms with Crippen molar-refractivity contribution in [1.29, 1.82) is 0 Å². The van der Waals surface area contributed by atoms with Crippen molar-refractivity contribution in [2.45, 2.75) is 18.9 Å². The Labute approximate surface area is 128 Å². The van der Waals surface area contributed by atoms with Gasteiger partial charge in [-0.2, -0.15) is 0 Å². The van der Waals surface area contributed by atoms with Crippen molar-refractivity contribution in [3.8, 4) is 0 Å². The first-order valence-electron chi connectivity index (χ1n) is 7.48. The highest BCUT2D eigenvalue weighted by molar-refractivity contribution is 5.83. The Morgan fingerprint density at radius 1 is 1.27 bits per heavy atom. The van der Waals surface area contributed by atoms with Crippen LogP contribution in [0.2, 0.25) is 0 Å². The Morgan fingerprint density at radius 2 is 2.14 bits per heavy atom. The molecule has 2 heterocycles. The first-order chi connectivity index (χ1) is 10.7. The molecule has 0 N–H and O–H groups in total. The third kappa shape index (κ3) is 2.30. The quantitative estimate of drug-likeness (QED) is 0.735. The number of fused-ring (bicyclic) bond motifs is 1. The Morgan fingerprint density at radius 3 is 2.91 bits per heavy atom. The summed E-state index contributed by atoms with van der Waals surface area (Å²) in [6.45, 7) is 0.495. The van der Waals surface area contributed by atoms with E-state index in [-0.39, 0.29) is 17.7 Å². The van der Waals surface area contributed by atoms with Gasteiger partial charge in [-0.3, -0.25) is 4.79 Å². The molecule has 1 fully saturated rings.